The number of sulfonamides is 1. The first kappa shape index (κ1) is 19.4. The van der Waals surface area contributed by atoms with Gasteiger partial charge in [-0.3, -0.25) is 4.98 Å². The van der Waals surface area contributed by atoms with E-state index < -0.39 is 10.0 Å². The van der Waals surface area contributed by atoms with Gasteiger partial charge in [0, 0.05) is 38.4 Å². The standard InChI is InChI=1S/C19H28N6O2S/c1-2-3-14-28(26,27)24-11-6-19(7-12-24)5-4-17-22-23-18(25(17)13-8-19)16-15-20-9-10-21-16/h9-10,15H,2-8,11-14H2,1H3. The number of hydrogen-bond donors (Lipinski definition) is 0. The van der Waals surface area contributed by atoms with E-state index in [2.05, 4.69) is 24.7 Å². The molecule has 0 saturated carbocycles. The van der Waals surface area contributed by atoms with Gasteiger partial charge in [0.1, 0.15) is 11.5 Å². The Balaban J connectivity index is 1.45. The Hall–Kier alpha value is -1.87. The Morgan fingerprint density at radius 2 is 1.86 bits per heavy atom. The van der Waals surface area contributed by atoms with Gasteiger partial charge in [-0.2, -0.15) is 0 Å². The lowest BCUT2D eigenvalue weighted by Crippen LogP contribution is -2.44. The molecule has 0 N–H and O–H groups in total. The van der Waals surface area contributed by atoms with Crippen molar-refractivity contribution in [2.24, 2.45) is 5.41 Å². The van der Waals surface area contributed by atoms with Gasteiger partial charge in [0.15, 0.2) is 5.82 Å². The van der Waals surface area contributed by atoms with Crippen molar-refractivity contribution < 1.29 is 8.42 Å². The molecule has 4 rings (SSSR count). The maximum atomic E-state index is 12.5. The zero-order chi connectivity index (χ0) is 19.6. The highest BCUT2D eigenvalue weighted by atomic mass is 32.2. The summed E-state index contributed by atoms with van der Waals surface area (Å²) in [7, 11) is -3.10. The number of hydrogen-bond acceptors (Lipinski definition) is 6. The lowest BCUT2D eigenvalue weighted by Gasteiger charge is -2.40. The highest BCUT2D eigenvalue weighted by Gasteiger charge is 2.39. The first-order valence-electron chi connectivity index (χ1n) is 10.2. The molecule has 4 heterocycles. The van der Waals surface area contributed by atoms with E-state index in [1.807, 2.05) is 6.92 Å². The Kier molecular flexibility index (Phi) is 5.46. The van der Waals surface area contributed by atoms with Crippen LogP contribution in [0.5, 0.6) is 0 Å². The molecule has 2 aromatic heterocycles. The minimum absolute atomic E-state index is 0.192. The fraction of sp³-hybridized carbons (Fsp3) is 0.684. The smallest absolute Gasteiger partial charge is 0.214 e. The van der Waals surface area contributed by atoms with Crippen LogP contribution in [0.3, 0.4) is 0 Å². The van der Waals surface area contributed by atoms with Gasteiger partial charge in [0.2, 0.25) is 10.0 Å². The lowest BCUT2D eigenvalue weighted by molar-refractivity contribution is 0.129. The maximum absolute atomic E-state index is 12.5. The van der Waals surface area contributed by atoms with E-state index >= 15 is 0 Å². The summed E-state index contributed by atoms with van der Waals surface area (Å²) >= 11 is 0. The molecule has 0 unspecified atom stereocenters. The molecule has 0 amide bonds. The summed E-state index contributed by atoms with van der Waals surface area (Å²) < 4.78 is 28.9. The first-order valence-corrected chi connectivity index (χ1v) is 11.8. The fourth-order valence-electron chi connectivity index (χ4n) is 4.40. The average Bonchev–Trinajstić information content (AvgIpc) is 3.05. The number of aryl methyl sites for hydroxylation is 1. The molecule has 0 aliphatic carbocycles. The predicted molar refractivity (Wildman–Crippen MR) is 106 cm³/mol. The van der Waals surface area contributed by atoms with Gasteiger partial charge in [0.25, 0.3) is 0 Å². The molecule has 1 spiro atoms. The molecule has 28 heavy (non-hydrogen) atoms. The van der Waals surface area contributed by atoms with Crippen molar-refractivity contribution in [2.45, 2.75) is 58.4 Å². The van der Waals surface area contributed by atoms with Crippen LogP contribution in [0.4, 0.5) is 0 Å². The van der Waals surface area contributed by atoms with Gasteiger partial charge in [-0.15, -0.1) is 10.2 Å². The number of nitrogens with zero attached hydrogens (tertiary/aromatic N) is 6. The van der Waals surface area contributed by atoms with Crippen LogP contribution in [0.25, 0.3) is 11.5 Å². The van der Waals surface area contributed by atoms with E-state index in [-0.39, 0.29) is 11.2 Å². The topological polar surface area (TPSA) is 93.9 Å². The Bertz CT molecular complexity index is 904. The summed E-state index contributed by atoms with van der Waals surface area (Å²) in [6.45, 7) is 4.16. The van der Waals surface area contributed by atoms with Crippen LogP contribution in [0, 0.1) is 5.41 Å². The van der Waals surface area contributed by atoms with Crippen LogP contribution in [0.2, 0.25) is 0 Å². The minimum atomic E-state index is -3.10. The third-order valence-corrected chi connectivity index (χ3v) is 8.25. The van der Waals surface area contributed by atoms with Crippen molar-refractivity contribution in [3.63, 3.8) is 0 Å². The highest BCUT2D eigenvalue weighted by Crippen LogP contribution is 2.42. The Morgan fingerprint density at radius 3 is 2.57 bits per heavy atom. The summed E-state index contributed by atoms with van der Waals surface area (Å²) in [6, 6.07) is 0. The third kappa shape index (κ3) is 3.82. The molecule has 2 aliphatic rings. The summed E-state index contributed by atoms with van der Waals surface area (Å²) in [6.07, 6.45) is 11.5. The van der Waals surface area contributed by atoms with Crippen molar-refractivity contribution in [1.82, 2.24) is 29.0 Å². The normalized spacial score (nSPS) is 20.0. The molecule has 152 valence electrons. The fourth-order valence-corrected chi connectivity index (χ4v) is 6.06. The number of piperidine rings is 1. The van der Waals surface area contributed by atoms with Gasteiger partial charge in [-0.25, -0.2) is 17.7 Å². The van der Waals surface area contributed by atoms with Crippen molar-refractivity contribution in [3.8, 4) is 11.5 Å². The zero-order valence-corrected chi connectivity index (χ0v) is 17.2. The molecule has 0 bridgehead atoms. The molecule has 2 aliphatic heterocycles. The van der Waals surface area contributed by atoms with E-state index in [0.717, 1.165) is 68.8 Å². The predicted octanol–water partition coefficient (Wildman–Crippen LogP) is 2.28. The van der Waals surface area contributed by atoms with Gasteiger partial charge in [0.05, 0.1) is 11.9 Å². The van der Waals surface area contributed by atoms with Gasteiger partial charge >= 0.3 is 0 Å². The molecule has 9 heteroatoms. The summed E-state index contributed by atoms with van der Waals surface area (Å²) in [5.74, 6) is 2.05. The van der Waals surface area contributed by atoms with E-state index in [0.29, 0.717) is 13.1 Å². The molecule has 0 atom stereocenters. The first-order chi connectivity index (χ1) is 13.5. The lowest BCUT2D eigenvalue weighted by atomic mass is 9.73. The van der Waals surface area contributed by atoms with Crippen molar-refractivity contribution in [2.75, 3.05) is 18.8 Å². The molecule has 8 nitrogen and oxygen atoms in total. The van der Waals surface area contributed by atoms with Gasteiger partial charge < -0.3 is 4.57 Å². The van der Waals surface area contributed by atoms with Crippen molar-refractivity contribution in [1.29, 1.82) is 0 Å². The molecule has 1 saturated heterocycles. The van der Waals surface area contributed by atoms with Crippen LogP contribution >= 0.6 is 0 Å². The molecule has 1 fully saturated rings. The molecule has 2 aromatic rings. The highest BCUT2D eigenvalue weighted by molar-refractivity contribution is 7.89. The summed E-state index contributed by atoms with van der Waals surface area (Å²) in [5.41, 5.74) is 0.936. The van der Waals surface area contributed by atoms with Crippen molar-refractivity contribution in [3.05, 3.63) is 24.4 Å². The van der Waals surface area contributed by atoms with Gasteiger partial charge in [-0.05, 0) is 37.5 Å². The second kappa shape index (κ2) is 7.87. The van der Waals surface area contributed by atoms with E-state index in [1.165, 1.54) is 0 Å². The van der Waals surface area contributed by atoms with Crippen LogP contribution in [-0.4, -0.2) is 56.3 Å². The quantitative estimate of drug-likeness (QED) is 0.759. The average molecular weight is 405 g/mol. The number of fused-ring (bicyclic) bond motifs is 1. The third-order valence-electron chi connectivity index (χ3n) is 6.30. The van der Waals surface area contributed by atoms with E-state index in [9.17, 15) is 8.42 Å². The molecule has 0 aromatic carbocycles. The monoisotopic (exact) mass is 404 g/mol. The largest absolute Gasteiger partial charge is 0.310 e. The number of aromatic nitrogens is 5. The number of rotatable bonds is 5. The van der Waals surface area contributed by atoms with E-state index in [4.69, 9.17) is 0 Å². The summed E-state index contributed by atoms with van der Waals surface area (Å²) in [5, 5.41) is 8.74. The van der Waals surface area contributed by atoms with E-state index in [1.54, 1.807) is 22.9 Å². The minimum Gasteiger partial charge on any atom is -0.310 e. The number of unbranched alkanes of at least 4 members (excludes halogenated alkanes) is 1. The van der Waals surface area contributed by atoms with Crippen LogP contribution < -0.4 is 0 Å². The Morgan fingerprint density at radius 1 is 1.07 bits per heavy atom. The molecular weight excluding hydrogens is 376 g/mol. The Labute approximate surface area is 166 Å². The molecule has 0 radical (unpaired) electrons. The van der Waals surface area contributed by atoms with Crippen LogP contribution in [-0.2, 0) is 23.0 Å². The second-order valence-electron chi connectivity index (χ2n) is 8.00. The molecular formula is C19H28N6O2S. The zero-order valence-electron chi connectivity index (χ0n) is 16.4. The van der Waals surface area contributed by atoms with Gasteiger partial charge in [-0.1, -0.05) is 13.3 Å². The SMILES string of the molecule is CCCCS(=O)(=O)N1CCC2(CCc3nnc(-c4cnccn4)n3CC2)CC1. The van der Waals surface area contributed by atoms with Crippen LogP contribution in [0.15, 0.2) is 18.6 Å². The second-order valence-corrected chi connectivity index (χ2v) is 10.1. The summed E-state index contributed by atoms with van der Waals surface area (Å²) in [4.78, 5) is 8.51. The van der Waals surface area contributed by atoms with Crippen LogP contribution in [0.1, 0.15) is 51.3 Å². The van der Waals surface area contributed by atoms with Crippen molar-refractivity contribution >= 4 is 10.0 Å². The maximum Gasteiger partial charge on any atom is 0.214 e.